The van der Waals surface area contributed by atoms with Gasteiger partial charge in [0.2, 0.25) is 0 Å². The second-order valence-electron chi connectivity index (χ2n) is 3.70. The van der Waals surface area contributed by atoms with E-state index in [2.05, 4.69) is 5.73 Å². The van der Waals surface area contributed by atoms with Gasteiger partial charge in [-0.25, -0.2) is 9.59 Å². The molecule has 0 saturated carbocycles. The molecule has 0 fully saturated rings. The summed E-state index contributed by atoms with van der Waals surface area (Å²) >= 11 is 0. The second kappa shape index (κ2) is 7.67. The van der Waals surface area contributed by atoms with Gasteiger partial charge in [-0.2, -0.15) is 0 Å². The van der Waals surface area contributed by atoms with Gasteiger partial charge < -0.3 is 5.11 Å². The van der Waals surface area contributed by atoms with E-state index in [4.69, 9.17) is 5.11 Å². The topological polar surface area (TPSA) is 54.4 Å². The van der Waals surface area contributed by atoms with E-state index in [0.29, 0.717) is 6.42 Å². The first-order chi connectivity index (χ1) is 9.19. The van der Waals surface area contributed by atoms with Crippen molar-refractivity contribution in [3.63, 3.8) is 0 Å². The Kier molecular flexibility index (Phi) is 5.84. The lowest BCUT2D eigenvalue weighted by atomic mass is 10.1. The molecule has 0 amide bonds. The molecule has 96 valence electrons. The summed E-state index contributed by atoms with van der Waals surface area (Å²) in [5.74, 6) is 0.458. The molecule has 0 bridgehead atoms. The van der Waals surface area contributed by atoms with Crippen LogP contribution in [0.4, 0.5) is 0 Å². The van der Waals surface area contributed by atoms with Crippen LogP contribution >= 0.6 is 0 Å². The first kappa shape index (κ1) is 14.5. The molecular weight excluding hydrogens is 240 g/mol. The molecule has 0 saturated heterocycles. The monoisotopic (exact) mass is 254 g/mol. The van der Waals surface area contributed by atoms with Crippen molar-refractivity contribution in [2.75, 3.05) is 0 Å². The van der Waals surface area contributed by atoms with Crippen molar-refractivity contribution in [1.82, 2.24) is 0 Å². The highest BCUT2D eigenvalue weighted by Crippen LogP contribution is 2.09. The number of rotatable bonds is 5. The lowest BCUT2D eigenvalue weighted by Crippen LogP contribution is -2.02. The molecule has 19 heavy (non-hydrogen) atoms. The van der Waals surface area contributed by atoms with Gasteiger partial charge in [0.15, 0.2) is 0 Å². The van der Waals surface area contributed by atoms with Crippen LogP contribution in [0.1, 0.15) is 18.9 Å². The zero-order chi connectivity index (χ0) is 14.1. The molecular formula is C16H14O3. The molecule has 0 heterocycles. The van der Waals surface area contributed by atoms with Crippen LogP contribution in [-0.4, -0.2) is 17.0 Å². The fourth-order valence-electron chi connectivity index (χ4n) is 1.43. The Morgan fingerprint density at radius 3 is 2.53 bits per heavy atom. The summed E-state index contributed by atoms with van der Waals surface area (Å²) in [6, 6.07) is 9.58. The standard InChI is InChI=1S/C16H14O3/c1-2-14(12-17)15(16(18)19)11-7-6-10-13-8-4-3-5-9-13/h3-10H,2H2,1H3,(H,18,19). The van der Waals surface area contributed by atoms with Crippen LogP contribution in [0.5, 0.6) is 0 Å². The molecule has 0 atom stereocenters. The molecule has 1 aromatic rings. The quantitative estimate of drug-likeness (QED) is 0.380. The third-order valence-electron chi connectivity index (χ3n) is 2.40. The largest absolute Gasteiger partial charge is 0.477 e. The summed E-state index contributed by atoms with van der Waals surface area (Å²) in [7, 11) is 0. The smallest absolute Gasteiger partial charge is 0.344 e. The lowest BCUT2D eigenvalue weighted by Gasteiger charge is -1.96. The maximum Gasteiger partial charge on any atom is 0.344 e. The number of carbonyl (C=O) groups is 1. The van der Waals surface area contributed by atoms with Crippen molar-refractivity contribution in [3.8, 4) is 0 Å². The van der Waals surface area contributed by atoms with Crippen molar-refractivity contribution >= 4 is 18.0 Å². The van der Waals surface area contributed by atoms with Gasteiger partial charge in [-0.05, 0) is 18.1 Å². The van der Waals surface area contributed by atoms with Gasteiger partial charge in [-0.3, -0.25) is 0 Å². The number of aliphatic carboxylic acids is 1. The number of hydrogen-bond donors (Lipinski definition) is 1. The van der Waals surface area contributed by atoms with E-state index in [1.165, 1.54) is 6.08 Å². The highest BCUT2D eigenvalue weighted by Gasteiger charge is 2.11. The predicted molar refractivity (Wildman–Crippen MR) is 74.2 cm³/mol. The minimum atomic E-state index is -1.18. The number of hydrogen-bond acceptors (Lipinski definition) is 2. The number of benzene rings is 1. The Balaban J connectivity index is 2.98. The van der Waals surface area contributed by atoms with Crippen LogP contribution in [0, 0.1) is 0 Å². The SMILES string of the molecule is CCC(=C=O)C(=C=CC=Cc1ccccc1)C(=O)O. The van der Waals surface area contributed by atoms with Gasteiger partial charge in [-0.1, -0.05) is 49.4 Å². The molecule has 1 aromatic carbocycles. The summed E-state index contributed by atoms with van der Waals surface area (Å²) in [5.41, 5.74) is 3.56. The lowest BCUT2D eigenvalue weighted by molar-refractivity contribution is -0.132. The Morgan fingerprint density at radius 2 is 2.00 bits per heavy atom. The van der Waals surface area contributed by atoms with Crippen LogP contribution in [-0.2, 0) is 9.59 Å². The second-order valence-corrected chi connectivity index (χ2v) is 3.70. The molecule has 0 aromatic heterocycles. The maximum atomic E-state index is 11.0. The number of carboxylic acid groups (broad SMARTS) is 1. The summed E-state index contributed by atoms with van der Waals surface area (Å²) in [6.07, 6.45) is 5.29. The zero-order valence-corrected chi connectivity index (χ0v) is 10.6. The first-order valence-electron chi connectivity index (χ1n) is 5.85. The number of carbonyl (C=O) groups excluding carboxylic acids is 1. The Morgan fingerprint density at radius 1 is 1.32 bits per heavy atom. The summed E-state index contributed by atoms with van der Waals surface area (Å²) in [5, 5.41) is 8.98. The van der Waals surface area contributed by atoms with Crippen molar-refractivity contribution in [1.29, 1.82) is 0 Å². The Labute approximate surface area is 111 Å². The number of carboxylic acids is 1. The van der Waals surface area contributed by atoms with Crippen molar-refractivity contribution in [2.45, 2.75) is 13.3 Å². The minimum Gasteiger partial charge on any atom is -0.477 e. The Bertz CT molecular complexity index is 582. The third-order valence-corrected chi connectivity index (χ3v) is 2.40. The van der Waals surface area contributed by atoms with Crippen LogP contribution in [0.25, 0.3) is 6.08 Å². The molecule has 3 nitrogen and oxygen atoms in total. The number of allylic oxidation sites excluding steroid dienone is 1. The first-order valence-corrected chi connectivity index (χ1v) is 5.85. The molecule has 0 aliphatic rings. The van der Waals surface area contributed by atoms with Crippen LogP contribution in [0.2, 0.25) is 0 Å². The summed E-state index contributed by atoms with van der Waals surface area (Å²) in [6.45, 7) is 1.70. The van der Waals surface area contributed by atoms with Crippen molar-refractivity contribution in [2.24, 2.45) is 0 Å². The van der Waals surface area contributed by atoms with Crippen LogP contribution in [0.15, 0.2) is 59.4 Å². The normalized spacial score (nSPS) is 9.53. The van der Waals surface area contributed by atoms with E-state index in [0.717, 1.165) is 5.56 Å². The fraction of sp³-hybridized carbons (Fsp3) is 0.125. The van der Waals surface area contributed by atoms with E-state index in [1.54, 1.807) is 18.9 Å². The highest BCUT2D eigenvalue weighted by atomic mass is 16.4. The van der Waals surface area contributed by atoms with Gasteiger partial charge in [0.05, 0.1) is 5.57 Å². The predicted octanol–water partition coefficient (Wildman–Crippen LogP) is 3.03. The molecule has 1 N–H and O–H groups in total. The third kappa shape index (κ3) is 4.64. The van der Waals surface area contributed by atoms with E-state index in [-0.39, 0.29) is 11.1 Å². The van der Waals surface area contributed by atoms with Gasteiger partial charge in [-0.15, -0.1) is 5.73 Å². The molecule has 0 radical (unpaired) electrons. The van der Waals surface area contributed by atoms with E-state index in [9.17, 15) is 9.59 Å². The molecule has 0 unspecified atom stereocenters. The molecule has 1 rings (SSSR count). The van der Waals surface area contributed by atoms with Crippen molar-refractivity contribution < 1.29 is 14.7 Å². The average molecular weight is 254 g/mol. The van der Waals surface area contributed by atoms with Crippen molar-refractivity contribution in [3.05, 3.63) is 64.9 Å². The van der Waals surface area contributed by atoms with Gasteiger partial charge in [0.25, 0.3) is 0 Å². The maximum absolute atomic E-state index is 11.0. The van der Waals surface area contributed by atoms with Crippen LogP contribution in [0.3, 0.4) is 0 Å². The minimum absolute atomic E-state index is 0.108. The summed E-state index contributed by atoms with van der Waals surface area (Å²) in [4.78, 5) is 21.6. The summed E-state index contributed by atoms with van der Waals surface area (Å²) < 4.78 is 0. The zero-order valence-electron chi connectivity index (χ0n) is 10.6. The average Bonchev–Trinajstić information content (AvgIpc) is 2.43. The molecule has 0 spiro atoms. The molecule has 3 heteroatoms. The fourth-order valence-corrected chi connectivity index (χ4v) is 1.43. The molecule has 0 aliphatic heterocycles. The Hall–Kier alpha value is -2.60. The highest BCUT2D eigenvalue weighted by molar-refractivity contribution is 5.94. The van der Waals surface area contributed by atoms with Gasteiger partial charge >= 0.3 is 5.97 Å². The van der Waals surface area contributed by atoms with E-state index < -0.39 is 5.97 Å². The van der Waals surface area contributed by atoms with E-state index in [1.807, 2.05) is 36.4 Å². The van der Waals surface area contributed by atoms with E-state index >= 15 is 0 Å². The van der Waals surface area contributed by atoms with Gasteiger partial charge in [0.1, 0.15) is 11.5 Å². The van der Waals surface area contributed by atoms with Gasteiger partial charge in [0, 0.05) is 0 Å². The van der Waals surface area contributed by atoms with Crippen LogP contribution < -0.4 is 0 Å². The molecule has 0 aliphatic carbocycles.